The maximum Gasteiger partial charge on any atom is 0.340 e. The second kappa shape index (κ2) is 23.1. The van der Waals surface area contributed by atoms with Crippen LogP contribution < -0.4 is 34.8 Å². The van der Waals surface area contributed by atoms with Crippen molar-refractivity contribution in [3.05, 3.63) is 96.1 Å². The van der Waals surface area contributed by atoms with Crippen LogP contribution in [0.15, 0.2) is 94.7 Å². The molecule has 15 nitrogen and oxygen atoms in total. The van der Waals surface area contributed by atoms with E-state index in [-0.39, 0.29) is 38.1 Å². The van der Waals surface area contributed by atoms with Crippen LogP contribution in [-0.2, 0) is 24.8 Å². The molecule has 0 unspecified atom stereocenters. The summed E-state index contributed by atoms with van der Waals surface area (Å²) in [5, 5.41) is 19.8. The number of benzene rings is 4. The lowest BCUT2D eigenvalue weighted by Gasteiger charge is -2.18. The monoisotopic (exact) mass is 821 g/mol. The van der Waals surface area contributed by atoms with Crippen molar-refractivity contribution in [1.82, 2.24) is 9.44 Å². The number of methoxy groups -OCH3 is 1. The SMILES string of the molecule is CCCCNc1c(Oc2ccccc2)cc(S(=O)(=O)NC)cc1C(=O)O.CCCCNc1c(Oc2ccccc2)cc(S(=O)(=O)NC)cc1C(=O)OC.NCl. The third-order valence-corrected chi connectivity index (χ3v) is 10.3. The number of carbonyl (C=O) groups is 2. The van der Waals surface area contributed by atoms with Gasteiger partial charge in [-0.15, -0.1) is 0 Å². The highest BCUT2D eigenvalue weighted by Gasteiger charge is 2.25. The summed E-state index contributed by atoms with van der Waals surface area (Å²) in [6, 6.07) is 22.8. The van der Waals surface area contributed by atoms with Crippen LogP contribution in [0.4, 0.5) is 11.4 Å². The van der Waals surface area contributed by atoms with Gasteiger partial charge < -0.3 is 30.0 Å². The fourth-order valence-electron chi connectivity index (χ4n) is 4.70. The van der Waals surface area contributed by atoms with Gasteiger partial charge in [0.05, 0.1) is 39.4 Å². The maximum atomic E-state index is 12.3. The molecule has 0 saturated heterocycles. The quantitative estimate of drug-likeness (QED) is 0.0346. The number of anilines is 2. The molecule has 18 heteroatoms. The largest absolute Gasteiger partial charge is 0.478 e. The Kier molecular flexibility index (Phi) is 19.4. The van der Waals surface area contributed by atoms with Crippen molar-refractivity contribution in [2.75, 3.05) is 44.9 Å². The number of carboxylic acids is 1. The number of carboxylic acid groups (broad SMARTS) is 1. The third-order valence-electron chi connectivity index (χ3n) is 7.55. The molecule has 7 N–H and O–H groups in total. The molecule has 4 rings (SSSR count). The molecule has 4 aromatic rings. The van der Waals surface area contributed by atoms with Gasteiger partial charge in [-0.05, 0) is 75.1 Å². The number of para-hydroxylation sites is 2. The van der Waals surface area contributed by atoms with Crippen LogP contribution in [0.25, 0.3) is 0 Å². The Bertz CT molecular complexity index is 2060. The molecular formula is C37H48ClN5O10S2. The molecule has 0 aliphatic carbocycles. The van der Waals surface area contributed by atoms with Crippen LogP contribution in [0.3, 0.4) is 0 Å². The molecule has 0 fully saturated rings. The molecule has 0 aromatic heterocycles. The molecular weight excluding hydrogens is 774 g/mol. The lowest BCUT2D eigenvalue weighted by molar-refractivity contribution is 0.0600. The van der Waals surface area contributed by atoms with E-state index in [2.05, 4.69) is 37.1 Å². The Labute approximate surface area is 327 Å². The van der Waals surface area contributed by atoms with Gasteiger partial charge in [-0.3, -0.25) is 0 Å². The second-order valence-corrected chi connectivity index (χ2v) is 15.1. The fourth-order valence-corrected chi connectivity index (χ4v) is 6.24. The van der Waals surface area contributed by atoms with Crippen molar-refractivity contribution < 1.29 is 45.7 Å². The van der Waals surface area contributed by atoms with Gasteiger partial charge in [0.25, 0.3) is 0 Å². The first-order valence-corrected chi connectivity index (χ1v) is 20.4. The predicted octanol–water partition coefficient (Wildman–Crippen LogP) is 6.78. The van der Waals surface area contributed by atoms with E-state index in [0.717, 1.165) is 31.7 Å². The Hall–Kier alpha value is -4.91. The Morgan fingerprint density at radius 3 is 1.40 bits per heavy atom. The summed E-state index contributed by atoms with van der Waals surface area (Å²) < 4.78 is 69.9. The summed E-state index contributed by atoms with van der Waals surface area (Å²) in [5.41, 5.74) is 0.582. The number of rotatable bonds is 18. The average molecular weight is 822 g/mol. The number of ether oxygens (including phenoxy) is 3. The number of carbonyl (C=O) groups excluding carboxylic acids is 1. The van der Waals surface area contributed by atoms with Gasteiger partial charge in [0.15, 0.2) is 11.5 Å². The van der Waals surface area contributed by atoms with E-state index in [1.165, 1.54) is 39.4 Å². The molecule has 0 heterocycles. The molecule has 0 amide bonds. The topological polar surface area (TPSA) is 224 Å². The number of sulfonamides is 2. The zero-order valence-electron chi connectivity index (χ0n) is 31.2. The normalized spacial score (nSPS) is 10.8. The van der Waals surface area contributed by atoms with Crippen molar-refractivity contribution in [1.29, 1.82) is 0 Å². The molecule has 0 saturated carbocycles. The zero-order chi connectivity index (χ0) is 41.0. The number of hydrogen-bond donors (Lipinski definition) is 6. The van der Waals surface area contributed by atoms with Crippen LogP contribution >= 0.6 is 11.8 Å². The van der Waals surface area contributed by atoms with Gasteiger partial charge in [0.2, 0.25) is 20.0 Å². The first-order valence-electron chi connectivity index (χ1n) is 17.0. The molecule has 0 bridgehead atoms. The Morgan fingerprint density at radius 1 is 0.673 bits per heavy atom. The van der Waals surface area contributed by atoms with E-state index >= 15 is 0 Å². The minimum atomic E-state index is -3.83. The summed E-state index contributed by atoms with van der Waals surface area (Å²) in [6.07, 6.45) is 3.60. The predicted molar refractivity (Wildman–Crippen MR) is 214 cm³/mol. The van der Waals surface area contributed by atoms with E-state index < -0.39 is 32.0 Å². The smallest absolute Gasteiger partial charge is 0.340 e. The minimum absolute atomic E-state index is 0.0858. The Balaban J connectivity index is 0.000000364. The summed E-state index contributed by atoms with van der Waals surface area (Å²) in [6.45, 7) is 5.21. The van der Waals surface area contributed by atoms with Gasteiger partial charge in [0, 0.05) is 25.2 Å². The molecule has 300 valence electrons. The zero-order valence-corrected chi connectivity index (χ0v) is 33.6. The molecule has 4 aromatic carbocycles. The van der Waals surface area contributed by atoms with E-state index in [0.29, 0.717) is 30.3 Å². The van der Waals surface area contributed by atoms with Crippen LogP contribution in [0.1, 0.15) is 60.2 Å². The van der Waals surface area contributed by atoms with Gasteiger partial charge >= 0.3 is 11.9 Å². The number of halogens is 1. The number of unbranched alkanes of at least 4 members (excludes halogenated alkanes) is 2. The number of hydrogen-bond acceptors (Lipinski definition) is 12. The lowest BCUT2D eigenvalue weighted by atomic mass is 10.1. The van der Waals surface area contributed by atoms with Crippen molar-refractivity contribution >= 4 is 55.1 Å². The highest BCUT2D eigenvalue weighted by atomic mass is 35.5. The number of nitrogens with two attached hydrogens (primary N) is 1. The summed E-state index contributed by atoms with van der Waals surface area (Å²) in [7, 11) is -3.80. The standard InChI is InChI=1S/C19H24N2O5S.C18H22N2O5S.ClH2N/c1-4-5-11-21-18-16(19(22)25-3)12-15(27(23,24)20-2)13-17(18)26-14-9-7-6-8-10-14;1-3-4-10-20-17-15(18(21)22)11-14(26(23,24)19-2)12-16(17)25-13-8-6-5-7-9-13;1-2/h6-10,12-13,20-21H,4-5,11H2,1-3H3;5-9,11-12,19-20H,3-4,10H2,1-2H3,(H,21,22);2H2. The molecule has 0 spiro atoms. The first kappa shape index (κ1) is 46.2. The number of esters is 1. The highest BCUT2D eigenvalue weighted by Crippen LogP contribution is 2.37. The fraction of sp³-hybridized carbons (Fsp3) is 0.297. The van der Waals surface area contributed by atoms with E-state index in [1.54, 1.807) is 48.5 Å². The first-order chi connectivity index (χ1) is 26.3. The summed E-state index contributed by atoms with van der Waals surface area (Å²) in [4.78, 5) is 23.8. The van der Waals surface area contributed by atoms with Crippen molar-refractivity contribution in [2.24, 2.45) is 5.25 Å². The van der Waals surface area contributed by atoms with Crippen LogP contribution in [0.2, 0.25) is 0 Å². The summed E-state index contributed by atoms with van der Waals surface area (Å²) >= 11 is 4.14. The van der Waals surface area contributed by atoms with Crippen LogP contribution in [0.5, 0.6) is 23.0 Å². The van der Waals surface area contributed by atoms with Gasteiger partial charge in [-0.2, -0.15) is 0 Å². The maximum absolute atomic E-state index is 12.3. The van der Waals surface area contributed by atoms with Crippen molar-refractivity contribution in [3.63, 3.8) is 0 Å². The molecule has 0 aliphatic rings. The molecule has 0 radical (unpaired) electrons. The lowest BCUT2D eigenvalue weighted by Crippen LogP contribution is -2.20. The van der Waals surface area contributed by atoms with Crippen molar-refractivity contribution in [2.45, 2.75) is 49.3 Å². The molecule has 55 heavy (non-hydrogen) atoms. The van der Waals surface area contributed by atoms with Gasteiger partial charge in [-0.25, -0.2) is 41.1 Å². The third kappa shape index (κ3) is 13.7. The average Bonchev–Trinajstić information content (AvgIpc) is 3.20. The van der Waals surface area contributed by atoms with Crippen molar-refractivity contribution in [3.8, 4) is 23.0 Å². The van der Waals surface area contributed by atoms with Crippen LogP contribution in [-0.4, -0.2) is 68.2 Å². The van der Waals surface area contributed by atoms with Gasteiger partial charge in [-0.1, -0.05) is 63.1 Å². The summed E-state index contributed by atoms with van der Waals surface area (Å²) in [5.74, 6) is -0.530. The Morgan fingerprint density at radius 2 is 1.05 bits per heavy atom. The number of nitrogens with one attached hydrogen (secondary N) is 4. The highest BCUT2D eigenvalue weighted by molar-refractivity contribution is 7.89. The van der Waals surface area contributed by atoms with Crippen LogP contribution in [0, 0.1) is 0 Å². The van der Waals surface area contributed by atoms with Gasteiger partial charge in [0.1, 0.15) is 11.5 Å². The minimum Gasteiger partial charge on any atom is -0.478 e. The second-order valence-electron chi connectivity index (χ2n) is 11.3. The van der Waals surface area contributed by atoms with E-state index in [1.807, 2.05) is 26.0 Å². The number of aromatic carboxylic acids is 1. The van der Waals surface area contributed by atoms with E-state index in [9.17, 15) is 31.5 Å². The van der Waals surface area contributed by atoms with E-state index in [4.69, 9.17) is 14.2 Å². The molecule has 0 atom stereocenters. The molecule has 0 aliphatic heterocycles.